The van der Waals surface area contributed by atoms with Crippen molar-refractivity contribution in [2.45, 2.75) is 6.61 Å². The van der Waals surface area contributed by atoms with Crippen LogP contribution in [0.1, 0.15) is 5.69 Å². The van der Waals surface area contributed by atoms with Crippen LogP contribution in [0.3, 0.4) is 0 Å². The lowest BCUT2D eigenvalue weighted by Crippen LogP contribution is -2.10. The lowest BCUT2D eigenvalue weighted by atomic mass is 10.2. The van der Waals surface area contributed by atoms with Crippen LogP contribution in [0, 0.1) is 0 Å². The van der Waals surface area contributed by atoms with Gasteiger partial charge in [-0.05, 0) is 18.2 Å². The third kappa shape index (κ3) is 2.92. The zero-order chi connectivity index (χ0) is 13.8. The van der Waals surface area contributed by atoms with E-state index in [4.69, 9.17) is 9.47 Å². The van der Waals surface area contributed by atoms with Crippen LogP contribution in [0.4, 0.5) is 0 Å². The first-order valence-electron chi connectivity index (χ1n) is 5.60. The van der Waals surface area contributed by atoms with E-state index in [1.54, 1.807) is 12.1 Å². The molecular formula is C13H14N2O4. The van der Waals surface area contributed by atoms with Gasteiger partial charge in [-0.1, -0.05) is 0 Å². The quantitative estimate of drug-likeness (QED) is 0.867. The zero-order valence-corrected chi connectivity index (χ0v) is 10.6. The van der Waals surface area contributed by atoms with Crippen LogP contribution < -0.4 is 10.3 Å². The fourth-order valence-electron chi connectivity index (χ4n) is 1.70. The Kier molecular flexibility index (Phi) is 3.82. The average molecular weight is 262 g/mol. The number of benzene rings is 1. The lowest BCUT2D eigenvalue weighted by molar-refractivity contribution is 0.181. The van der Waals surface area contributed by atoms with Gasteiger partial charge in [-0.3, -0.25) is 4.79 Å². The Balaban J connectivity index is 2.46. The number of aromatic hydroxyl groups is 1. The number of nitrogens with one attached hydrogen (secondary N) is 1. The first-order chi connectivity index (χ1) is 9.13. The summed E-state index contributed by atoms with van der Waals surface area (Å²) in [6.07, 6.45) is 0. The smallest absolute Gasteiger partial charge is 0.251 e. The summed E-state index contributed by atoms with van der Waals surface area (Å²) >= 11 is 0. The lowest BCUT2D eigenvalue weighted by Gasteiger charge is -2.07. The van der Waals surface area contributed by atoms with Crippen molar-refractivity contribution in [1.29, 1.82) is 0 Å². The standard InChI is InChI=1S/C13H14N2O4/c1-18-7-9-6-12(17)15-13(14-9)8-3-4-11(19-2)10(16)5-8/h3-6,16H,7H2,1-2H3,(H,14,15,17). The maximum atomic E-state index is 11.5. The van der Waals surface area contributed by atoms with Crippen LogP contribution in [0.25, 0.3) is 11.4 Å². The molecule has 0 saturated carbocycles. The number of methoxy groups -OCH3 is 2. The molecule has 0 aliphatic heterocycles. The van der Waals surface area contributed by atoms with Gasteiger partial charge < -0.3 is 19.6 Å². The van der Waals surface area contributed by atoms with Gasteiger partial charge in [-0.25, -0.2) is 4.98 Å². The van der Waals surface area contributed by atoms with E-state index >= 15 is 0 Å². The van der Waals surface area contributed by atoms with Crippen LogP contribution in [0.15, 0.2) is 29.1 Å². The number of hydrogen-bond donors (Lipinski definition) is 2. The number of aromatic nitrogens is 2. The summed E-state index contributed by atoms with van der Waals surface area (Å²) in [6, 6.07) is 6.16. The van der Waals surface area contributed by atoms with Crippen molar-refractivity contribution < 1.29 is 14.6 Å². The molecule has 1 aromatic heterocycles. The first kappa shape index (κ1) is 13.1. The topological polar surface area (TPSA) is 84.4 Å². The van der Waals surface area contributed by atoms with Gasteiger partial charge in [0.25, 0.3) is 5.56 Å². The van der Waals surface area contributed by atoms with E-state index in [-0.39, 0.29) is 17.9 Å². The van der Waals surface area contributed by atoms with Gasteiger partial charge in [0.05, 0.1) is 19.4 Å². The Morgan fingerprint density at radius 3 is 2.74 bits per heavy atom. The molecule has 0 spiro atoms. The summed E-state index contributed by atoms with van der Waals surface area (Å²) in [5, 5.41) is 9.73. The summed E-state index contributed by atoms with van der Waals surface area (Å²) < 4.78 is 9.91. The van der Waals surface area contributed by atoms with E-state index in [0.29, 0.717) is 22.8 Å². The third-order valence-electron chi connectivity index (χ3n) is 2.54. The van der Waals surface area contributed by atoms with Gasteiger partial charge in [0, 0.05) is 18.7 Å². The number of hydrogen-bond acceptors (Lipinski definition) is 5. The molecular weight excluding hydrogens is 248 g/mol. The molecule has 0 radical (unpaired) electrons. The van der Waals surface area contributed by atoms with E-state index in [0.717, 1.165) is 0 Å². The van der Waals surface area contributed by atoms with Crippen LogP contribution in [0.5, 0.6) is 11.5 Å². The normalized spacial score (nSPS) is 10.4. The van der Waals surface area contributed by atoms with Gasteiger partial charge >= 0.3 is 0 Å². The molecule has 0 aliphatic rings. The monoisotopic (exact) mass is 262 g/mol. The number of rotatable bonds is 4. The van der Waals surface area contributed by atoms with Crippen LogP contribution in [0.2, 0.25) is 0 Å². The molecule has 0 aliphatic carbocycles. The molecule has 2 aromatic rings. The number of aromatic amines is 1. The maximum Gasteiger partial charge on any atom is 0.251 e. The molecule has 1 aromatic carbocycles. The SMILES string of the molecule is COCc1cc(=O)[nH]c(-c2ccc(OC)c(O)c2)n1. The number of nitrogens with zero attached hydrogens (tertiary/aromatic N) is 1. The second kappa shape index (κ2) is 5.53. The van der Waals surface area contributed by atoms with Gasteiger partial charge in [0.2, 0.25) is 0 Å². The molecule has 0 amide bonds. The van der Waals surface area contributed by atoms with Crippen molar-refractivity contribution in [1.82, 2.24) is 9.97 Å². The highest BCUT2D eigenvalue weighted by Gasteiger charge is 2.08. The van der Waals surface area contributed by atoms with E-state index in [1.165, 1.54) is 26.4 Å². The van der Waals surface area contributed by atoms with Crippen LogP contribution >= 0.6 is 0 Å². The predicted molar refractivity (Wildman–Crippen MR) is 69.2 cm³/mol. The molecule has 6 nitrogen and oxygen atoms in total. The van der Waals surface area contributed by atoms with Crippen molar-refractivity contribution in [2.24, 2.45) is 0 Å². The number of phenolic OH excluding ortho intramolecular Hbond substituents is 1. The van der Waals surface area contributed by atoms with E-state index in [1.807, 2.05) is 0 Å². The molecule has 100 valence electrons. The second-order valence-electron chi connectivity index (χ2n) is 3.90. The van der Waals surface area contributed by atoms with Crippen molar-refractivity contribution >= 4 is 0 Å². The molecule has 6 heteroatoms. The van der Waals surface area contributed by atoms with Gasteiger partial charge in [-0.2, -0.15) is 0 Å². The first-order valence-corrected chi connectivity index (χ1v) is 5.60. The van der Waals surface area contributed by atoms with E-state index in [2.05, 4.69) is 9.97 Å². The fraction of sp³-hybridized carbons (Fsp3) is 0.231. The minimum absolute atomic E-state index is 0.0141. The Morgan fingerprint density at radius 2 is 2.11 bits per heavy atom. The molecule has 0 unspecified atom stereocenters. The summed E-state index contributed by atoms with van der Waals surface area (Å²) in [5.74, 6) is 0.719. The fourth-order valence-corrected chi connectivity index (χ4v) is 1.70. The molecule has 19 heavy (non-hydrogen) atoms. The Bertz CT molecular complexity index is 637. The minimum Gasteiger partial charge on any atom is -0.504 e. The summed E-state index contributed by atoms with van der Waals surface area (Å²) in [7, 11) is 3.00. The molecule has 0 atom stereocenters. The molecule has 0 bridgehead atoms. The average Bonchev–Trinajstić information content (AvgIpc) is 2.38. The highest BCUT2D eigenvalue weighted by Crippen LogP contribution is 2.29. The number of H-pyrrole nitrogens is 1. The Labute approximate surface area is 109 Å². The zero-order valence-electron chi connectivity index (χ0n) is 10.6. The highest BCUT2D eigenvalue weighted by atomic mass is 16.5. The van der Waals surface area contributed by atoms with Crippen molar-refractivity contribution in [3.63, 3.8) is 0 Å². The highest BCUT2D eigenvalue weighted by molar-refractivity contribution is 5.60. The molecule has 0 saturated heterocycles. The van der Waals surface area contributed by atoms with Crippen LogP contribution in [-0.4, -0.2) is 29.3 Å². The summed E-state index contributed by atoms with van der Waals surface area (Å²) in [6.45, 7) is 0.249. The molecule has 2 N–H and O–H groups in total. The van der Waals surface area contributed by atoms with Gasteiger partial charge in [-0.15, -0.1) is 0 Å². The van der Waals surface area contributed by atoms with Crippen molar-refractivity contribution in [2.75, 3.05) is 14.2 Å². The van der Waals surface area contributed by atoms with E-state index in [9.17, 15) is 9.90 Å². The third-order valence-corrected chi connectivity index (χ3v) is 2.54. The number of phenols is 1. The van der Waals surface area contributed by atoms with Gasteiger partial charge in [0.15, 0.2) is 11.5 Å². The molecule has 1 heterocycles. The Morgan fingerprint density at radius 1 is 1.32 bits per heavy atom. The van der Waals surface area contributed by atoms with E-state index < -0.39 is 0 Å². The molecule has 2 rings (SSSR count). The van der Waals surface area contributed by atoms with Crippen molar-refractivity contribution in [3.05, 3.63) is 40.3 Å². The van der Waals surface area contributed by atoms with Crippen LogP contribution in [-0.2, 0) is 11.3 Å². The maximum absolute atomic E-state index is 11.5. The minimum atomic E-state index is -0.271. The summed E-state index contributed by atoms with van der Waals surface area (Å²) in [4.78, 5) is 18.4. The largest absolute Gasteiger partial charge is 0.504 e. The molecule has 0 fully saturated rings. The van der Waals surface area contributed by atoms with Gasteiger partial charge in [0.1, 0.15) is 5.82 Å². The Hall–Kier alpha value is -2.34. The predicted octanol–water partition coefficient (Wildman–Crippen LogP) is 1.30. The number of ether oxygens (including phenoxy) is 2. The second-order valence-corrected chi connectivity index (χ2v) is 3.90. The summed E-state index contributed by atoms with van der Waals surface area (Å²) in [5.41, 5.74) is 0.845. The van der Waals surface area contributed by atoms with Crippen molar-refractivity contribution in [3.8, 4) is 22.9 Å².